The van der Waals surface area contributed by atoms with Crippen molar-refractivity contribution in [1.29, 1.82) is 5.41 Å². The van der Waals surface area contributed by atoms with Crippen LogP contribution in [-0.4, -0.2) is 18.1 Å². The quantitative estimate of drug-likeness (QED) is 0.522. The van der Waals surface area contributed by atoms with Crippen molar-refractivity contribution in [2.75, 3.05) is 6.61 Å². The fraction of sp³-hybridized carbons (Fsp3) is 0.222. The van der Waals surface area contributed by atoms with E-state index in [2.05, 4.69) is 4.74 Å². The van der Waals surface area contributed by atoms with Crippen molar-refractivity contribution in [3.63, 3.8) is 0 Å². The van der Waals surface area contributed by atoms with E-state index in [0.717, 1.165) is 12.0 Å². The first-order chi connectivity index (χ1) is 5.84. The molecule has 0 radical (unpaired) electrons. The largest absolute Gasteiger partial charge is 0.481 e. The lowest BCUT2D eigenvalue weighted by molar-refractivity contribution is 0.106. The van der Waals surface area contributed by atoms with Gasteiger partial charge in [0.05, 0.1) is 0 Å². The van der Waals surface area contributed by atoms with Crippen molar-refractivity contribution in [3.8, 4) is 0 Å². The second-order valence-electron chi connectivity index (χ2n) is 2.38. The van der Waals surface area contributed by atoms with E-state index in [0.29, 0.717) is 0 Å². The third kappa shape index (κ3) is 2.36. The Balaban J connectivity index is 2.53. The van der Waals surface area contributed by atoms with Gasteiger partial charge in [0.25, 0.3) is 0 Å². The summed E-state index contributed by atoms with van der Waals surface area (Å²) >= 11 is 0. The molecule has 0 fully saturated rings. The average molecular weight is 165 g/mol. The molecule has 2 N–H and O–H groups in total. The number of aliphatic hydroxyl groups excluding tert-OH is 1. The SMILES string of the molecule is N=COCC(O)c1ccccc1. The van der Waals surface area contributed by atoms with Gasteiger partial charge >= 0.3 is 0 Å². The molecule has 1 unspecified atom stereocenters. The van der Waals surface area contributed by atoms with Crippen LogP contribution < -0.4 is 0 Å². The summed E-state index contributed by atoms with van der Waals surface area (Å²) in [4.78, 5) is 0. The number of rotatable bonds is 4. The molecule has 0 aliphatic carbocycles. The van der Waals surface area contributed by atoms with Crippen molar-refractivity contribution >= 4 is 6.40 Å². The fourth-order valence-electron chi connectivity index (χ4n) is 0.911. The van der Waals surface area contributed by atoms with Gasteiger partial charge in [0, 0.05) is 0 Å². The minimum Gasteiger partial charge on any atom is -0.481 e. The Hall–Kier alpha value is -1.35. The number of ether oxygens (including phenoxy) is 1. The predicted molar refractivity (Wildman–Crippen MR) is 46.1 cm³/mol. The normalized spacial score (nSPS) is 12.1. The second kappa shape index (κ2) is 4.51. The first kappa shape index (κ1) is 8.74. The Morgan fingerprint density at radius 2 is 2.08 bits per heavy atom. The van der Waals surface area contributed by atoms with Crippen LogP contribution in [0.5, 0.6) is 0 Å². The summed E-state index contributed by atoms with van der Waals surface area (Å²) in [5, 5.41) is 16.0. The molecule has 1 rings (SSSR count). The average Bonchev–Trinajstić information content (AvgIpc) is 2.15. The molecule has 3 heteroatoms. The summed E-state index contributed by atoms with van der Waals surface area (Å²) in [6, 6.07) is 9.22. The molecule has 0 aliphatic rings. The summed E-state index contributed by atoms with van der Waals surface area (Å²) in [7, 11) is 0. The molecular formula is C9H11NO2. The van der Waals surface area contributed by atoms with Crippen LogP contribution in [-0.2, 0) is 4.74 Å². The van der Waals surface area contributed by atoms with Crippen LogP contribution in [0.15, 0.2) is 30.3 Å². The third-order valence-corrected chi connectivity index (χ3v) is 1.52. The Morgan fingerprint density at radius 1 is 1.42 bits per heavy atom. The molecule has 0 aliphatic heterocycles. The number of benzene rings is 1. The maximum Gasteiger partial charge on any atom is 0.166 e. The first-order valence-corrected chi connectivity index (χ1v) is 3.68. The molecule has 0 amide bonds. The summed E-state index contributed by atoms with van der Waals surface area (Å²) < 4.78 is 4.64. The van der Waals surface area contributed by atoms with Crippen molar-refractivity contribution in [3.05, 3.63) is 35.9 Å². The maximum atomic E-state index is 9.42. The molecule has 1 aromatic rings. The lowest BCUT2D eigenvalue weighted by Crippen LogP contribution is -2.05. The minimum absolute atomic E-state index is 0.132. The molecule has 0 heterocycles. The highest BCUT2D eigenvalue weighted by molar-refractivity contribution is 5.41. The molecule has 64 valence electrons. The summed E-state index contributed by atoms with van der Waals surface area (Å²) in [6.45, 7) is 0.132. The van der Waals surface area contributed by atoms with Gasteiger partial charge in [0.15, 0.2) is 6.40 Å². The minimum atomic E-state index is -0.646. The van der Waals surface area contributed by atoms with Crippen molar-refractivity contribution in [2.45, 2.75) is 6.10 Å². The number of aliphatic hydroxyl groups is 1. The van der Waals surface area contributed by atoms with Crippen LogP contribution in [0.4, 0.5) is 0 Å². The molecule has 0 aromatic heterocycles. The van der Waals surface area contributed by atoms with E-state index in [-0.39, 0.29) is 6.61 Å². The third-order valence-electron chi connectivity index (χ3n) is 1.52. The molecule has 0 saturated heterocycles. The molecular weight excluding hydrogens is 154 g/mol. The predicted octanol–water partition coefficient (Wildman–Crippen LogP) is 1.34. The van der Waals surface area contributed by atoms with Crippen LogP contribution in [0.25, 0.3) is 0 Å². The molecule has 3 nitrogen and oxygen atoms in total. The van der Waals surface area contributed by atoms with Crippen molar-refractivity contribution in [2.24, 2.45) is 0 Å². The zero-order chi connectivity index (χ0) is 8.81. The van der Waals surface area contributed by atoms with Crippen LogP contribution in [0, 0.1) is 5.41 Å². The topological polar surface area (TPSA) is 53.3 Å². The van der Waals surface area contributed by atoms with Crippen molar-refractivity contribution in [1.82, 2.24) is 0 Å². The summed E-state index contributed by atoms with van der Waals surface area (Å²) in [5.41, 5.74) is 0.805. The highest BCUT2D eigenvalue weighted by Gasteiger charge is 2.05. The zero-order valence-electron chi connectivity index (χ0n) is 6.60. The Bertz CT molecular complexity index is 236. The van der Waals surface area contributed by atoms with Crippen molar-refractivity contribution < 1.29 is 9.84 Å². The number of hydrogen-bond donors (Lipinski definition) is 2. The van der Waals surface area contributed by atoms with Crippen LogP contribution >= 0.6 is 0 Å². The molecule has 1 aromatic carbocycles. The molecule has 1 atom stereocenters. The Kier molecular flexibility index (Phi) is 3.29. The second-order valence-corrected chi connectivity index (χ2v) is 2.38. The van der Waals surface area contributed by atoms with E-state index >= 15 is 0 Å². The van der Waals surface area contributed by atoms with E-state index in [1.54, 1.807) is 0 Å². The maximum absolute atomic E-state index is 9.42. The highest BCUT2D eigenvalue weighted by Crippen LogP contribution is 2.11. The first-order valence-electron chi connectivity index (χ1n) is 3.68. The fourth-order valence-corrected chi connectivity index (χ4v) is 0.911. The van der Waals surface area contributed by atoms with E-state index < -0.39 is 6.10 Å². The molecule has 0 bridgehead atoms. The summed E-state index contributed by atoms with van der Waals surface area (Å²) in [6.07, 6.45) is 0.180. The van der Waals surface area contributed by atoms with E-state index in [9.17, 15) is 5.11 Å². The number of hydrogen-bond acceptors (Lipinski definition) is 3. The smallest absolute Gasteiger partial charge is 0.166 e. The highest BCUT2D eigenvalue weighted by atomic mass is 16.5. The standard InChI is InChI=1S/C9H11NO2/c10-7-12-6-9(11)8-4-2-1-3-5-8/h1-5,7,9-11H,6H2. The van der Waals surface area contributed by atoms with Gasteiger partial charge in [-0.05, 0) is 5.56 Å². The van der Waals surface area contributed by atoms with Gasteiger partial charge in [-0.3, -0.25) is 5.41 Å². The van der Waals surface area contributed by atoms with Gasteiger partial charge in [-0.1, -0.05) is 30.3 Å². The summed E-state index contributed by atoms with van der Waals surface area (Å²) in [5.74, 6) is 0. The van der Waals surface area contributed by atoms with E-state index in [1.165, 1.54) is 0 Å². The van der Waals surface area contributed by atoms with E-state index in [1.807, 2.05) is 30.3 Å². The van der Waals surface area contributed by atoms with Crippen LogP contribution in [0.1, 0.15) is 11.7 Å². The Morgan fingerprint density at radius 3 is 2.67 bits per heavy atom. The number of nitrogens with one attached hydrogen (secondary N) is 1. The van der Waals surface area contributed by atoms with Crippen LogP contribution in [0.3, 0.4) is 0 Å². The van der Waals surface area contributed by atoms with Gasteiger partial charge < -0.3 is 9.84 Å². The molecule has 0 saturated carbocycles. The monoisotopic (exact) mass is 165 g/mol. The lowest BCUT2D eigenvalue weighted by atomic mass is 10.1. The molecule has 0 spiro atoms. The van der Waals surface area contributed by atoms with Gasteiger partial charge in [0.2, 0.25) is 0 Å². The van der Waals surface area contributed by atoms with Gasteiger partial charge in [-0.25, -0.2) is 0 Å². The zero-order valence-corrected chi connectivity index (χ0v) is 6.60. The lowest BCUT2D eigenvalue weighted by Gasteiger charge is -2.08. The van der Waals surface area contributed by atoms with Gasteiger partial charge in [-0.2, -0.15) is 0 Å². The van der Waals surface area contributed by atoms with Gasteiger partial charge in [0.1, 0.15) is 12.7 Å². The van der Waals surface area contributed by atoms with Crippen LogP contribution in [0.2, 0.25) is 0 Å². The Labute approximate surface area is 71.1 Å². The van der Waals surface area contributed by atoms with Gasteiger partial charge in [-0.15, -0.1) is 0 Å². The molecule has 12 heavy (non-hydrogen) atoms. The van der Waals surface area contributed by atoms with E-state index in [4.69, 9.17) is 5.41 Å².